The van der Waals surface area contributed by atoms with Crippen molar-refractivity contribution in [2.75, 3.05) is 7.11 Å². The highest BCUT2D eigenvalue weighted by atomic mass is 79.9. The van der Waals surface area contributed by atoms with Gasteiger partial charge in [-0.05, 0) is 37.6 Å². The summed E-state index contributed by atoms with van der Waals surface area (Å²) < 4.78 is 12.9. The number of hydrogen-bond donors (Lipinski definition) is 1. The fourth-order valence-corrected chi connectivity index (χ4v) is 3.67. The molecule has 0 saturated carbocycles. The molecule has 10 heteroatoms. The van der Waals surface area contributed by atoms with Crippen molar-refractivity contribution in [3.8, 4) is 11.5 Å². The normalized spacial score (nSPS) is 13.3. The zero-order valence-electron chi connectivity index (χ0n) is 18.5. The van der Waals surface area contributed by atoms with Gasteiger partial charge in [-0.1, -0.05) is 41.4 Å². The number of carboxylic acids is 1. The molecule has 0 aliphatic heterocycles. The second-order valence-electron chi connectivity index (χ2n) is 7.43. The van der Waals surface area contributed by atoms with Crippen LogP contribution >= 0.6 is 27.5 Å². The van der Waals surface area contributed by atoms with Crippen LogP contribution in [0.2, 0.25) is 5.02 Å². The van der Waals surface area contributed by atoms with E-state index in [0.717, 1.165) is 10.9 Å². The van der Waals surface area contributed by atoms with Crippen LogP contribution in [0.3, 0.4) is 0 Å². The summed E-state index contributed by atoms with van der Waals surface area (Å²) >= 11 is 9.60. The van der Waals surface area contributed by atoms with E-state index in [1.807, 2.05) is 19.9 Å². The van der Waals surface area contributed by atoms with E-state index in [4.69, 9.17) is 21.1 Å². The van der Waals surface area contributed by atoms with Crippen molar-refractivity contribution >= 4 is 50.6 Å². The molecular formula is C23H23BrClN3O5. The first kappa shape index (κ1) is 24.7. The molecule has 0 aliphatic rings. The summed E-state index contributed by atoms with van der Waals surface area (Å²) in [7, 11) is 1.42. The molecule has 0 unspecified atom stereocenters. The maximum absolute atomic E-state index is 13.3. The lowest BCUT2D eigenvalue weighted by Crippen LogP contribution is -2.24. The fourth-order valence-electron chi connectivity index (χ4n) is 3.09. The van der Waals surface area contributed by atoms with E-state index in [2.05, 4.69) is 26.0 Å². The summed E-state index contributed by atoms with van der Waals surface area (Å²) in [5.41, 5.74) is 0.598. The largest absolute Gasteiger partial charge is 0.493 e. The fraction of sp³-hybridized carbons (Fsp3) is 0.304. The number of aliphatic carboxylic acids is 1. The van der Waals surface area contributed by atoms with Gasteiger partial charge < -0.3 is 14.6 Å². The Morgan fingerprint density at radius 3 is 2.70 bits per heavy atom. The van der Waals surface area contributed by atoms with Crippen molar-refractivity contribution in [3.63, 3.8) is 0 Å². The molecule has 3 rings (SSSR count). The topological polar surface area (TPSA) is 103 Å². The summed E-state index contributed by atoms with van der Waals surface area (Å²) in [6, 6.07) is 8.36. The SMILES string of the molecule is CC[C@H](C)c1nc2ccc(Br)cc2c(=O)n1N=Cc1cc(Cl)cc(OC)c1O[C@@H](C)C(=O)O. The van der Waals surface area contributed by atoms with E-state index in [9.17, 15) is 14.7 Å². The minimum Gasteiger partial charge on any atom is -0.493 e. The monoisotopic (exact) mass is 535 g/mol. The number of halogens is 2. The smallest absolute Gasteiger partial charge is 0.344 e. The van der Waals surface area contributed by atoms with Crippen LogP contribution in [0.25, 0.3) is 10.9 Å². The number of carboxylic acid groups (broad SMARTS) is 1. The summed E-state index contributed by atoms with van der Waals surface area (Å²) in [6.07, 6.45) is 0.988. The molecule has 33 heavy (non-hydrogen) atoms. The van der Waals surface area contributed by atoms with Gasteiger partial charge in [0.2, 0.25) is 0 Å². The molecule has 0 amide bonds. The van der Waals surface area contributed by atoms with Gasteiger partial charge in [-0.2, -0.15) is 9.78 Å². The Morgan fingerprint density at radius 2 is 2.06 bits per heavy atom. The van der Waals surface area contributed by atoms with Crippen LogP contribution in [-0.4, -0.2) is 40.2 Å². The highest BCUT2D eigenvalue weighted by molar-refractivity contribution is 9.10. The van der Waals surface area contributed by atoms with E-state index in [-0.39, 0.29) is 23.0 Å². The summed E-state index contributed by atoms with van der Waals surface area (Å²) in [6.45, 7) is 5.36. The molecule has 0 spiro atoms. The van der Waals surface area contributed by atoms with Crippen LogP contribution in [0.4, 0.5) is 0 Å². The molecule has 0 radical (unpaired) electrons. The molecule has 8 nitrogen and oxygen atoms in total. The van der Waals surface area contributed by atoms with Crippen molar-refractivity contribution in [2.45, 2.75) is 39.2 Å². The minimum absolute atomic E-state index is 0.0421. The molecule has 1 heterocycles. The van der Waals surface area contributed by atoms with E-state index in [0.29, 0.717) is 27.3 Å². The molecule has 174 valence electrons. The van der Waals surface area contributed by atoms with Crippen molar-refractivity contribution in [1.82, 2.24) is 9.66 Å². The molecule has 0 aliphatic carbocycles. The standard InChI is InChI=1S/C23H23BrClN3O5/c1-5-12(2)21-27-18-7-6-15(24)9-17(18)22(29)28(21)26-11-14-8-16(25)10-19(32-4)20(14)33-13(3)23(30)31/h6-13H,5H2,1-4H3,(H,30,31)/t12-,13-/m0/s1. The Balaban J connectivity index is 2.21. The molecule has 0 saturated heterocycles. The first-order valence-electron chi connectivity index (χ1n) is 10.2. The van der Waals surface area contributed by atoms with Gasteiger partial charge in [0.1, 0.15) is 5.82 Å². The third kappa shape index (κ3) is 5.36. The minimum atomic E-state index is -1.15. The van der Waals surface area contributed by atoms with E-state index >= 15 is 0 Å². The molecule has 0 fully saturated rings. The first-order chi connectivity index (χ1) is 15.7. The lowest BCUT2D eigenvalue weighted by Gasteiger charge is -2.17. The lowest BCUT2D eigenvalue weighted by atomic mass is 10.1. The number of methoxy groups -OCH3 is 1. The molecule has 1 aromatic heterocycles. The highest BCUT2D eigenvalue weighted by Gasteiger charge is 2.20. The Morgan fingerprint density at radius 1 is 1.33 bits per heavy atom. The molecule has 3 aromatic rings. The number of nitrogens with zero attached hydrogens (tertiary/aromatic N) is 3. The number of benzene rings is 2. The Kier molecular flexibility index (Phi) is 7.76. The van der Waals surface area contributed by atoms with Crippen molar-refractivity contribution < 1.29 is 19.4 Å². The van der Waals surface area contributed by atoms with E-state index in [1.54, 1.807) is 18.2 Å². The average molecular weight is 537 g/mol. The van der Waals surface area contributed by atoms with Gasteiger partial charge in [-0.15, -0.1) is 0 Å². The third-order valence-corrected chi connectivity index (χ3v) is 5.82. The second kappa shape index (κ2) is 10.4. The first-order valence-corrected chi connectivity index (χ1v) is 11.4. The number of hydrogen-bond acceptors (Lipinski definition) is 6. The Hall–Kier alpha value is -2.91. The number of fused-ring (bicyclic) bond motifs is 1. The van der Waals surface area contributed by atoms with Gasteiger partial charge in [0, 0.05) is 27.0 Å². The van der Waals surface area contributed by atoms with Gasteiger partial charge in [0.25, 0.3) is 5.56 Å². The van der Waals surface area contributed by atoms with Crippen molar-refractivity contribution in [2.24, 2.45) is 5.10 Å². The summed E-state index contributed by atoms with van der Waals surface area (Å²) in [5.74, 6) is -0.291. The number of rotatable bonds is 8. The Labute approximate surface area is 203 Å². The maximum atomic E-state index is 13.3. The second-order valence-corrected chi connectivity index (χ2v) is 8.78. The van der Waals surface area contributed by atoms with Crippen LogP contribution in [0.5, 0.6) is 11.5 Å². The van der Waals surface area contributed by atoms with E-state index < -0.39 is 12.1 Å². The predicted molar refractivity (Wildman–Crippen MR) is 131 cm³/mol. The van der Waals surface area contributed by atoms with Crippen molar-refractivity contribution in [1.29, 1.82) is 0 Å². The van der Waals surface area contributed by atoms with Gasteiger partial charge in [-0.3, -0.25) is 4.79 Å². The molecule has 2 atom stereocenters. The molecular weight excluding hydrogens is 514 g/mol. The van der Waals surface area contributed by atoms with Crippen LogP contribution in [-0.2, 0) is 4.79 Å². The zero-order valence-corrected chi connectivity index (χ0v) is 20.8. The summed E-state index contributed by atoms with van der Waals surface area (Å²) in [5, 5.41) is 14.4. The maximum Gasteiger partial charge on any atom is 0.344 e. The molecule has 1 N–H and O–H groups in total. The van der Waals surface area contributed by atoms with Crippen LogP contribution in [0, 0.1) is 0 Å². The molecule has 2 aromatic carbocycles. The van der Waals surface area contributed by atoms with Gasteiger partial charge in [-0.25, -0.2) is 9.78 Å². The van der Waals surface area contributed by atoms with Gasteiger partial charge in [0.15, 0.2) is 17.6 Å². The average Bonchev–Trinajstić information content (AvgIpc) is 2.79. The third-order valence-electron chi connectivity index (χ3n) is 5.11. The predicted octanol–water partition coefficient (Wildman–Crippen LogP) is 5.07. The van der Waals surface area contributed by atoms with Crippen molar-refractivity contribution in [3.05, 3.63) is 61.6 Å². The van der Waals surface area contributed by atoms with Gasteiger partial charge >= 0.3 is 5.97 Å². The number of aromatic nitrogens is 2. The van der Waals surface area contributed by atoms with Crippen LogP contribution < -0.4 is 15.0 Å². The van der Waals surface area contributed by atoms with Crippen LogP contribution in [0.1, 0.15) is 44.5 Å². The van der Waals surface area contributed by atoms with E-state index in [1.165, 1.54) is 31.0 Å². The number of ether oxygens (including phenoxy) is 2. The quantitative estimate of drug-likeness (QED) is 0.403. The Bertz CT molecular complexity index is 1290. The van der Waals surface area contributed by atoms with Crippen LogP contribution in [0.15, 0.2) is 44.7 Å². The lowest BCUT2D eigenvalue weighted by molar-refractivity contribution is -0.144. The number of carbonyl (C=O) groups is 1. The zero-order chi connectivity index (χ0) is 24.3. The highest BCUT2D eigenvalue weighted by Crippen LogP contribution is 2.35. The van der Waals surface area contributed by atoms with Gasteiger partial charge in [0.05, 0.1) is 24.2 Å². The molecule has 0 bridgehead atoms. The summed E-state index contributed by atoms with van der Waals surface area (Å²) in [4.78, 5) is 29.3.